The molecule has 2 aromatic carbocycles. The lowest BCUT2D eigenvalue weighted by molar-refractivity contribution is -0.118. The van der Waals surface area contributed by atoms with Crippen LogP contribution in [0, 0.1) is 12.8 Å². The van der Waals surface area contributed by atoms with E-state index in [1.54, 1.807) is 18.3 Å². The zero-order valence-electron chi connectivity index (χ0n) is 16.1. The molecule has 29 heavy (non-hydrogen) atoms. The summed E-state index contributed by atoms with van der Waals surface area (Å²) in [6.07, 6.45) is 5.65. The van der Waals surface area contributed by atoms with Crippen molar-refractivity contribution in [3.8, 4) is 11.5 Å². The van der Waals surface area contributed by atoms with Crippen molar-refractivity contribution in [2.45, 2.75) is 32.6 Å². The number of Topliss-reactive ketones (excluding diaryl/α,β-unsaturated/α-hetero) is 1. The van der Waals surface area contributed by atoms with E-state index in [0.717, 1.165) is 34.9 Å². The first-order valence-corrected chi connectivity index (χ1v) is 9.99. The number of benzene rings is 2. The van der Waals surface area contributed by atoms with E-state index in [1.165, 1.54) is 0 Å². The molecule has 0 unspecified atom stereocenters. The maximum atomic E-state index is 12.1. The molecule has 3 aromatic rings. The Hall–Kier alpha value is -2.92. The topological polar surface area (TPSA) is 68.3 Å². The average Bonchev–Trinajstić information content (AvgIpc) is 3.49. The van der Waals surface area contributed by atoms with Gasteiger partial charge in [-0.25, -0.2) is 0 Å². The van der Waals surface area contributed by atoms with Crippen molar-refractivity contribution in [2.24, 2.45) is 5.92 Å². The number of nitrogens with zero attached hydrogens (tertiary/aromatic N) is 1. The summed E-state index contributed by atoms with van der Waals surface area (Å²) in [5, 5.41) is 3.99. The van der Waals surface area contributed by atoms with Gasteiger partial charge in [-0.3, -0.25) is 14.6 Å². The minimum absolute atomic E-state index is 0.230. The van der Waals surface area contributed by atoms with Gasteiger partial charge in [0.1, 0.15) is 17.3 Å². The van der Waals surface area contributed by atoms with Crippen LogP contribution in [0.5, 0.6) is 11.5 Å². The van der Waals surface area contributed by atoms with Crippen LogP contribution in [0.3, 0.4) is 0 Å². The zero-order valence-corrected chi connectivity index (χ0v) is 16.8. The van der Waals surface area contributed by atoms with Crippen LogP contribution in [-0.4, -0.2) is 17.2 Å². The monoisotopic (exact) mass is 408 g/mol. The van der Waals surface area contributed by atoms with Crippen molar-refractivity contribution in [3.05, 3.63) is 58.7 Å². The van der Waals surface area contributed by atoms with E-state index in [4.69, 9.17) is 16.3 Å². The number of aromatic nitrogens is 1. The zero-order chi connectivity index (χ0) is 20.4. The molecule has 1 saturated carbocycles. The average molecular weight is 409 g/mol. The maximum Gasteiger partial charge on any atom is 0.211 e. The Balaban J connectivity index is 1.57. The first kappa shape index (κ1) is 19.4. The second-order valence-electron chi connectivity index (χ2n) is 7.47. The number of amides is 1. The van der Waals surface area contributed by atoms with Gasteiger partial charge in [0.2, 0.25) is 6.41 Å². The maximum absolute atomic E-state index is 12.1. The molecule has 5 nitrogen and oxygen atoms in total. The molecule has 4 rings (SSSR count). The van der Waals surface area contributed by atoms with Gasteiger partial charge in [-0.05, 0) is 67.1 Å². The number of rotatable bonds is 8. The fourth-order valence-electron chi connectivity index (χ4n) is 3.37. The van der Waals surface area contributed by atoms with Crippen LogP contribution in [0.2, 0.25) is 5.02 Å². The first-order chi connectivity index (χ1) is 14.0. The number of carbonyl (C=O) groups excluding carboxylic acids is 2. The number of carbonyl (C=O) groups is 2. The number of fused-ring (bicyclic) bond motifs is 1. The second kappa shape index (κ2) is 8.21. The Bertz CT molecular complexity index is 1090. The summed E-state index contributed by atoms with van der Waals surface area (Å²) in [5.74, 6) is 1.99. The highest BCUT2D eigenvalue weighted by Gasteiger charge is 2.24. The highest BCUT2D eigenvalue weighted by atomic mass is 35.5. The fraction of sp³-hybridized carbons (Fsp3) is 0.261. The Labute approximate surface area is 174 Å². The van der Waals surface area contributed by atoms with Crippen molar-refractivity contribution in [2.75, 3.05) is 5.32 Å². The van der Waals surface area contributed by atoms with Gasteiger partial charge in [0.15, 0.2) is 0 Å². The first-order valence-electron chi connectivity index (χ1n) is 9.61. The number of anilines is 1. The predicted octanol–water partition coefficient (Wildman–Crippen LogP) is 5.47. The van der Waals surface area contributed by atoms with Gasteiger partial charge in [0, 0.05) is 35.1 Å². The summed E-state index contributed by atoms with van der Waals surface area (Å²) < 4.78 is 6.05. The van der Waals surface area contributed by atoms with Crippen LogP contribution in [-0.2, 0) is 16.0 Å². The number of nitrogens with one attached hydrogen (secondary N) is 1. The number of hydrogen-bond acceptors (Lipinski definition) is 4. The molecule has 0 saturated heterocycles. The molecule has 1 fully saturated rings. The van der Waals surface area contributed by atoms with Gasteiger partial charge in [0.25, 0.3) is 0 Å². The molecule has 1 heterocycles. The Morgan fingerprint density at radius 1 is 1.28 bits per heavy atom. The number of pyridine rings is 1. The van der Waals surface area contributed by atoms with Crippen molar-refractivity contribution < 1.29 is 14.3 Å². The van der Waals surface area contributed by atoms with Gasteiger partial charge >= 0.3 is 0 Å². The third kappa shape index (κ3) is 4.57. The van der Waals surface area contributed by atoms with Crippen LogP contribution in [0.4, 0.5) is 5.69 Å². The molecule has 0 atom stereocenters. The Morgan fingerprint density at radius 2 is 2.10 bits per heavy atom. The Morgan fingerprint density at radius 3 is 2.83 bits per heavy atom. The molecule has 0 radical (unpaired) electrons. The van der Waals surface area contributed by atoms with Crippen LogP contribution >= 0.6 is 11.6 Å². The molecular weight excluding hydrogens is 388 g/mol. The molecule has 1 N–H and O–H groups in total. The van der Waals surface area contributed by atoms with Gasteiger partial charge in [-0.2, -0.15) is 0 Å². The minimum Gasteiger partial charge on any atom is -0.457 e. The molecule has 1 aliphatic rings. The number of ketones is 1. The van der Waals surface area contributed by atoms with E-state index < -0.39 is 0 Å². The highest BCUT2D eigenvalue weighted by Crippen LogP contribution is 2.35. The molecule has 0 spiro atoms. The normalized spacial score (nSPS) is 13.3. The van der Waals surface area contributed by atoms with Crippen molar-refractivity contribution in [1.82, 2.24) is 4.98 Å². The van der Waals surface area contributed by atoms with Crippen LogP contribution in [0.25, 0.3) is 10.9 Å². The van der Waals surface area contributed by atoms with E-state index in [9.17, 15) is 9.59 Å². The van der Waals surface area contributed by atoms with Crippen molar-refractivity contribution in [1.29, 1.82) is 0 Å². The summed E-state index contributed by atoms with van der Waals surface area (Å²) >= 11 is 6.40. The molecule has 0 bridgehead atoms. The largest absolute Gasteiger partial charge is 0.457 e. The summed E-state index contributed by atoms with van der Waals surface area (Å²) in [6.45, 7) is 1.91. The molecule has 0 aliphatic heterocycles. The lowest BCUT2D eigenvalue weighted by Gasteiger charge is -2.12. The van der Waals surface area contributed by atoms with Gasteiger partial charge in [-0.1, -0.05) is 17.7 Å². The molecule has 148 valence electrons. The van der Waals surface area contributed by atoms with Crippen molar-refractivity contribution >= 4 is 40.4 Å². The van der Waals surface area contributed by atoms with E-state index >= 15 is 0 Å². The minimum atomic E-state index is 0.230. The second-order valence-corrected chi connectivity index (χ2v) is 7.88. The molecule has 1 aromatic heterocycles. The van der Waals surface area contributed by atoms with Crippen LogP contribution in [0.1, 0.15) is 30.4 Å². The summed E-state index contributed by atoms with van der Waals surface area (Å²) in [6, 6.07) is 10.9. The summed E-state index contributed by atoms with van der Waals surface area (Å²) in [5.41, 5.74) is 3.20. The lowest BCUT2D eigenvalue weighted by Crippen LogP contribution is -2.04. The van der Waals surface area contributed by atoms with E-state index in [1.807, 2.05) is 31.2 Å². The smallest absolute Gasteiger partial charge is 0.211 e. The predicted molar refractivity (Wildman–Crippen MR) is 114 cm³/mol. The number of aryl methyl sites for hydroxylation is 1. The highest BCUT2D eigenvalue weighted by molar-refractivity contribution is 6.31. The van der Waals surface area contributed by atoms with Crippen LogP contribution < -0.4 is 10.1 Å². The SMILES string of the molecule is Cc1cc2nccc(Oc3ccc(CC(=O)CC4CC4)c(Cl)c3)c2cc1NC=O. The van der Waals surface area contributed by atoms with Gasteiger partial charge < -0.3 is 10.1 Å². The molecular formula is C23H21ClN2O3. The third-order valence-electron chi connectivity index (χ3n) is 5.12. The van der Waals surface area contributed by atoms with E-state index in [-0.39, 0.29) is 5.78 Å². The van der Waals surface area contributed by atoms with E-state index in [0.29, 0.717) is 47.4 Å². The fourth-order valence-corrected chi connectivity index (χ4v) is 3.61. The number of hydrogen-bond donors (Lipinski definition) is 1. The summed E-state index contributed by atoms with van der Waals surface area (Å²) in [7, 11) is 0. The number of ether oxygens (including phenoxy) is 1. The molecule has 1 aliphatic carbocycles. The Kier molecular flexibility index (Phi) is 5.49. The van der Waals surface area contributed by atoms with Gasteiger partial charge in [0.05, 0.1) is 5.52 Å². The quantitative estimate of drug-likeness (QED) is 0.502. The molecule has 1 amide bonds. The van der Waals surface area contributed by atoms with E-state index in [2.05, 4.69) is 10.3 Å². The lowest BCUT2D eigenvalue weighted by atomic mass is 10.0. The van der Waals surface area contributed by atoms with Gasteiger partial charge in [-0.15, -0.1) is 0 Å². The summed E-state index contributed by atoms with van der Waals surface area (Å²) in [4.78, 5) is 27.4. The number of halogens is 1. The third-order valence-corrected chi connectivity index (χ3v) is 5.47. The molecule has 6 heteroatoms. The van der Waals surface area contributed by atoms with Crippen LogP contribution in [0.15, 0.2) is 42.6 Å². The van der Waals surface area contributed by atoms with Crippen molar-refractivity contribution in [3.63, 3.8) is 0 Å². The standard InChI is InChI=1S/C23H21ClN2O3/c1-14-8-22-19(12-21(14)26-13-27)23(6-7-25-22)29-18-5-4-16(20(24)11-18)10-17(28)9-15-2-3-15/h4-8,11-13,15H,2-3,9-10H2,1H3,(H,26,27).